The molecule has 4 atom stereocenters. The molecule has 0 spiro atoms. The number of rotatable bonds is 7. The van der Waals surface area contributed by atoms with Crippen molar-refractivity contribution in [2.24, 2.45) is 0 Å². The Morgan fingerprint density at radius 2 is 1.09 bits per heavy atom. The molecule has 2 aliphatic heterocycles. The molecule has 2 aliphatic rings. The summed E-state index contributed by atoms with van der Waals surface area (Å²) >= 11 is 0. The van der Waals surface area contributed by atoms with Gasteiger partial charge in [-0.3, -0.25) is 0 Å². The highest BCUT2D eigenvalue weighted by Crippen LogP contribution is 2.35. The fourth-order valence-electron chi connectivity index (χ4n) is 3.17. The van der Waals surface area contributed by atoms with E-state index in [4.69, 9.17) is 18.9 Å². The van der Waals surface area contributed by atoms with Crippen LogP contribution in [-0.2, 0) is 18.9 Å². The fraction of sp³-hybridized carbons (Fsp3) is 1.00. The largest absolute Gasteiger partial charge is 0.387 e. The van der Waals surface area contributed by atoms with Gasteiger partial charge in [-0.15, -0.1) is 0 Å². The Morgan fingerprint density at radius 3 is 1.32 bits per heavy atom. The van der Waals surface area contributed by atoms with E-state index in [1.807, 2.05) is 27.7 Å². The van der Waals surface area contributed by atoms with Crippen molar-refractivity contribution >= 4 is 0 Å². The average molecular weight is 318 g/mol. The summed E-state index contributed by atoms with van der Waals surface area (Å²) in [6.07, 6.45) is -0.368. The molecule has 0 saturated carbocycles. The molecule has 2 N–H and O–H groups in total. The molecule has 22 heavy (non-hydrogen) atoms. The lowest BCUT2D eigenvalue weighted by Crippen LogP contribution is -2.47. The standard InChI is InChI=1S/C16H30O6/c1-5-15(6-2)19-9-11(21-15)13(17)14(18)12-10-20-16(7-3,8-4)22-12/h11-14,17-18H,5-10H2,1-4H3. The number of hydrogen-bond donors (Lipinski definition) is 2. The van der Waals surface area contributed by atoms with Crippen LogP contribution in [0.2, 0.25) is 0 Å². The molecule has 130 valence electrons. The van der Waals surface area contributed by atoms with Crippen molar-refractivity contribution in [1.29, 1.82) is 0 Å². The summed E-state index contributed by atoms with van der Waals surface area (Å²) in [7, 11) is 0. The van der Waals surface area contributed by atoms with Gasteiger partial charge in [0.25, 0.3) is 0 Å². The number of ether oxygens (including phenoxy) is 4. The fourth-order valence-corrected chi connectivity index (χ4v) is 3.17. The van der Waals surface area contributed by atoms with Crippen LogP contribution in [-0.4, -0.2) is 59.4 Å². The van der Waals surface area contributed by atoms with Crippen LogP contribution >= 0.6 is 0 Å². The van der Waals surface area contributed by atoms with Gasteiger partial charge in [0.1, 0.15) is 24.4 Å². The molecule has 0 aromatic rings. The lowest BCUT2D eigenvalue weighted by molar-refractivity contribution is -0.206. The van der Waals surface area contributed by atoms with Crippen molar-refractivity contribution in [2.75, 3.05) is 13.2 Å². The molecule has 0 radical (unpaired) electrons. The zero-order valence-electron chi connectivity index (χ0n) is 14.1. The van der Waals surface area contributed by atoms with E-state index >= 15 is 0 Å². The lowest BCUT2D eigenvalue weighted by Gasteiger charge is -2.30. The third kappa shape index (κ3) is 3.32. The number of aliphatic hydroxyl groups excluding tert-OH is 2. The summed E-state index contributed by atoms with van der Waals surface area (Å²) in [5, 5.41) is 20.9. The topological polar surface area (TPSA) is 77.4 Å². The van der Waals surface area contributed by atoms with Gasteiger partial charge in [0.2, 0.25) is 0 Å². The zero-order valence-corrected chi connectivity index (χ0v) is 14.1. The van der Waals surface area contributed by atoms with Crippen LogP contribution in [0.15, 0.2) is 0 Å². The summed E-state index contributed by atoms with van der Waals surface area (Å²) in [6.45, 7) is 8.50. The zero-order chi connectivity index (χ0) is 16.4. The molecule has 4 unspecified atom stereocenters. The minimum Gasteiger partial charge on any atom is -0.387 e. The monoisotopic (exact) mass is 318 g/mol. The molecule has 2 saturated heterocycles. The number of aliphatic hydroxyl groups is 2. The maximum atomic E-state index is 10.4. The molecular formula is C16H30O6. The maximum Gasteiger partial charge on any atom is 0.168 e. The van der Waals surface area contributed by atoms with E-state index in [-0.39, 0.29) is 13.2 Å². The molecule has 0 aromatic carbocycles. The average Bonchev–Trinajstić information content (AvgIpc) is 3.19. The van der Waals surface area contributed by atoms with Crippen LogP contribution in [0.4, 0.5) is 0 Å². The van der Waals surface area contributed by atoms with Crippen molar-refractivity contribution < 1.29 is 29.2 Å². The summed E-state index contributed by atoms with van der Waals surface area (Å²) in [5.74, 6) is -1.29. The van der Waals surface area contributed by atoms with Gasteiger partial charge < -0.3 is 29.2 Å². The van der Waals surface area contributed by atoms with E-state index in [1.165, 1.54) is 0 Å². The second-order valence-electron chi connectivity index (χ2n) is 6.15. The third-order valence-corrected chi connectivity index (χ3v) is 5.02. The van der Waals surface area contributed by atoms with Gasteiger partial charge in [0.15, 0.2) is 11.6 Å². The Labute approximate surface area is 132 Å². The summed E-state index contributed by atoms with van der Waals surface area (Å²) < 4.78 is 23.1. The van der Waals surface area contributed by atoms with Crippen LogP contribution in [0.25, 0.3) is 0 Å². The SMILES string of the molecule is CCC1(CC)OCC(C(O)C(O)C2COC(CC)(CC)O2)O1. The molecule has 6 nitrogen and oxygen atoms in total. The van der Waals surface area contributed by atoms with Crippen molar-refractivity contribution in [3.63, 3.8) is 0 Å². The Hall–Kier alpha value is -0.240. The van der Waals surface area contributed by atoms with Gasteiger partial charge in [0, 0.05) is 0 Å². The quantitative estimate of drug-likeness (QED) is 0.742. The first-order valence-electron chi connectivity index (χ1n) is 8.44. The Kier molecular flexibility index (Phi) is 5.85. The van der Waals surface area contributed by atoms with E-state index in [1.54, 1.807) is 0 Å². The third-order valence-electron chi connectivity index (χ3n) is 5.02. The molecule has 0 bridgehead atoms. The minimum atomic E-state index is -1.06. The number of hydrogen-bond acceptors (Lipinski definition) is 6. The first-order chi connectivity index (χ1) is 10.4. The van der Waals surface area contributed by atoms with Gasteiger partial charge >= 0.3 is 0 Å². The van der Waals surface area contributed by atoms with E-state index in [2.05, 4.69) is 0 Å². The van der Waals surface area contributed by atoms with Gasteiger partial charge in [-0.05, 0) is 25.7 Å². The van der Waals surface area contributed by atoms with Gasteiger partial charge in [-0.1, -0.05) is 27.7 Å². The molecular weight excluding hydrogens is 288 g/mol. The van der Waals surface area contributed by atoms with Crippen LogP contribution in [0, 0.1) is 0 Å². The van der Waals surface area contributed by atoms with Crippen LogP contribution in [0.5, 0.6) is 0 Å². The van der Waals surface area contributed by atoms with Gasteiger partial charge in [-0.2, -0.15) is 0 Å². The first kappa shape index (κ1) is 18.1. The van der Waals surface area contributed by atoms with E-state index in [0.29, 0.717) is 25.7 Å². The summed E-state index contributed by atoms with van der Waals surface area (Å²) in [5.41, 5.74) is 0. The lowest BCUT2D eigenvalue weighted by atomic mass is 10.0. The molecule has 0 aromatic heterocycles. The predicted molar refractivity (Wildman–Crippen MR) is 80.3 cm³/mol. The highest BCUT2D eigenvalue weighted by Gasteiger charge is 2.48. The van der Waals surface area contributed by atoms with Crippen LogP contribution in [0.1, 0.15) is 53.4 Å². The predicted octanol–water partition coefficient (Wildman–Crippen LogP) is 1.57. The molecule has 6 heteroatoms. The Bertz CT molecular complexity index is 319. The van der Waals surface area contributed by atoms with Crippen molar-refractivity contribution in [2.45, 2.75) is 89.4 Å². The summed E-state index contributed by atoms with van der Waals surface area (Å²) in [6, 6.07) is 0. The maximum absolute atomic E-state index is 10.4. The summed E-state index contributed by atoms with van der Waals surface area (Å²) in [4.78, 5) is 0. The second-order valence-corrected chi connectivity index (χ2v) is 6.15. The smallest absolute Gasteiger partial charge is 0.168 e. The molecule has 2 heterocycles. The molecule has 2 fully saturated rings. The first-order valence-corrected chi connectivity index (χ1v) is 8.44. The molecule has 0 amide bonds. The molecule has 2 rings (SSSR count). The van der Waals surface area contributed by atoms with E-state index in [0.717, 1.165) is 0 Å². The van der Waals surface area contributed by atoms with E-state index in [9.17, 15) is 10.2 Å². The van der Waals surface area contributed by atoms with E-state index < -0.39 is 36.0 Å². The normalized spacial score (nSPS) is 33.0. The van der Waals surface area contributed by atoms with Crippen molar-refractivity contribution in [1.82, 2.24) is 0 Å². The highest BCUT2D eigenvalue weighted by molar-refractivity contribution is 4.91. The Morgan fingerprint density at radius 1 is 0.773 bits per heavy atom. The molecule has 0 aliphatic carbocycles. The highest BCUT2D eigenvalue weighted by atomic mass is 16.8. The minimum absolute atomic E-state index is 0.278. The van der Waals surface area contributed by atoms with Crippen molar-refractivity contribution in [3.05, 3.63) is 0 Å². The van der Waals surface area contributed by atoms with Crippen LogP contribution < -0.4 is 0 Å². The van der Waals surface area contributed by atoms with Gasteiger partial charge in [-0.25, -0.2) is 0 Å². The Balaban J connectivity index is 1.95. The van der Waals surface area contributed by atoms with Gasteiger partial charge in [0.05, 0.1) is 13.2 Å². The second kappa shape index (κ2) is 7.11. The van der Waals surface area contributed by atoms with Crippen LogP contribution in [0.3, 0.4) is 0 Å². The van der Waals surface area contributed by atoms with Crippen molar-refractivity contribution in [3.8, 4) is 0 Å².